The molecule has 0 spiro atoms. The molecule has 0 aliphatic heterocycles. The first-order chi connectivity index (χ1) is 16.4. The van der Waals surface area contributed by atoms with E-state index in [-0.39, 0.29) is 30.3 Å². The quantitative estimate of drug-likeness (QED) is 0.361. The Bertz CT molecular complexity index is 1110. The number of carbonyl (C=O) groups excluding carboxylic acids is 3. The zero-order chi connectivity index (χ0) is 24.3. The van der Waals surface area contributed by atoms with Crippen molar-refractivity contribution in [2.45, 2.75) is 32.7 Å². The summed E-state index contributed by atoms with van der Waals surface area (Å²) in [7, 11) is 0. The second-order valence-electron chi connectivity index (χ2n) is 8.22. The van der Waals surface area contributed by atoms with Crippen LogP contribution in [0.1, 0.15) is 36.2 Å². The molecule has 0 atom stereocenters. The average Bonchev–Trinajstić information content (AvgIpc) is 2.83. The van der Waals surface area contributed by atoms with Gasteiger partial charge in [0, 0.05) is 35.1 Å². The Morgan fingerprint density at radius 3 is 2.12 bits per heavy atom. The molecule has 3 amide bonds. The molecule has 4 N–H and O–H groups in total. The molecule has 0 fully saturated rings. The van der Waals surface area contributed by atoms with Crippen LogP contribution in [0.25, 0.3) is 0 Å². The fraction of sp³-hybridized carbons (Fsp3) is 0.222. The molecule has 0 aromatic heterocycles. The highest BCUT2D eigenvalue weighted by Gasteiger charge is 2.09. The Morgan fingerprint density at radius 1 is 0.735 bits per heavy atom. The number of nitrogens with one attached hydrogen (secondary N) is 4. The molecule has 34 heavy (non-hydrogen) atoms. The van der Waals surface area contributed by atoms with Crippen molar-refractivity contribution in [3.8, 4) is 0 Å². The van der Waals surface area contributed by atoms with Gasteiger partial charge in [-0.05, 0) is 68.3 Å². The minimum absolute atomic E-state index is 0.0314. The van der Waals surface area contributed by atoms with E-state index in [4.69, 9.17) is 0 Å². The van der Waals surface area contributed by atoms with E-state index in [1.165, 1.54) is 0 Å². The largest absolute Gasteiger partial charge is 0.376 e. The zero-order valence-corrected chi connectivity index (χ0v) is 19.4. The molecule has 0 heterocycles. The third-order valence-corrected chi connectivity index (χ3v) is 4.93. The molecule has 0 unspecified atom stereocenters. The maximum Gasteiger partial charge on any atom is 0.251 e. The lowest BCUT2D eigenvalue weighted by Crippen LogP contribution is -2.30. The van der Waals surface area contributed by atoms with Crippen molar-refractivity contribution in [3.63, 3.8) is 0 Å². The van der Waals surface area contributed by atoms with Crippen LogP contribution in [-0.2, 0) is 16.0 Å². The molecule has 7 heteroatoms. The number of benzene rings is 3. The van der Waals surface area contributed by atoms with Gasteiger partial charge in [-0.1, -0.05) is 36.4 Å². The predicted octanol–water partition coefficient (Wildman–Crippen LogP) is 4.45. The summed E-state index contributed by atoms with van der Waals surface area (Å²) in [5, 5.41) is 11.5. The van der Waals surface area contributed by atoms with Crippen LogP contribution in [0.15, 0.2) is 78.9 Å². The number of carbonyl (C=O) groups is 3. The van der Waals surface area contributed by atoms with Gasteiger partial charge < -0.3 is 21.3 Å². The third-order valence-electron chi connectivity index (χ3n) is 4.93. The van der Waals surface area contributed by atoms with Gasteiger partial charge in [-0.3, -0.25) is 14.4 Å². The predicted molar refractivity (Wildman–Crippen MR) is 136 cm³/mol. The van der Waals surface area contributed by atoms with E-state index in [0.717, 1.165) is 11.3 Å². The van der Waals surface area contributed by atoms with Gasteiger partial charge in [0.25, 0.3) is 5.91 Å². The highest BCUT2D eigenvalue weighted by molar-refractivity contribution is 5.98. The van der Waals surface area contributed by atoms with Gasteiger partial charge in [0.1, 0.15) is 0 Å². The Balaban J connectivity index is 1.43. The first kappa shape index (κ1) is 24.5. The summed E-state index contributed by atoms with van der Waals surface area (Å²) in [6.45, 7) is 3.84. The Labute approximate surface area is 200 Å². The van der Waals surface area contributed by atoms with Crippen LogP contribution in [0.5, 0.6) is 0 Å². The van der Waals surface area contributed by atoms with Crippen LogP contribution in [0.2, 0.25) is 0 Å². The van der Waals surface area contributed by atoms with Gasteiger partial charge in [0.05, 0.1) is 6.54 Å². The normalized spacial score (nSPS) is 10.4. The van der Waals surface area contributed by atoms with Crippen molar-refractivity contribution in [3.05, 3.63) is 90.0 Å². The highest BCUT2D eigenvalue weighted by Crippen LogP contribution is 2.15. The van der Waals surface area contributed by atoms with Gasteiger partial charge in [-0.25, -0.2) is 0 Å². The molecule has 0 saturated heterocycles. The van der Waals surface area contributed by atoms with Crippen molar-refractivity contribution in [2.24, 2.45) is 0 Å². The summed E-state index contributed by atoms with van der Waals surface area (Å²) in [5.74, 6) is -0.468. The van der Waals surface area contributed by atoms with Crippen LogP contribution in [0, 0.1) is 0 Å². The van der Waals surface area contributed by atoms with Crippen molar-refractivity contribution >= 4 is 34.8 Å². The molecule has 0 radical (unpaired) electrons. The first-order valence-electron chi connectivity index (χ1n) is 11.3. The monoisotopic (exact) mass is 458 g/mol. The summed E-state index contributed by atoms with van der Waals surface area (Å²) < 4.78 is 0. The molecule has 0 aliphatic rings. The van der Waals surface area contributed by atoms with Gasteiger partial charge in [0.15, 0.2) is 0 Å². The number of hydrogen-bond acceptors (Lipinski definition) is 4. The lowest BCUT2D eigenvalue weighted by molar-refractivity contribution is -0.116. The van der Waals surface area contributed by atoms with Gasteiger partial charge in [-0.15, -0.1) is 0 Å². The lowest BCUT2D eigenvalue weighted by atomic mass is 10.1. The summed E-state index contributed by atoms with van der Waals surface area (Å²) in [6, 6.07) is 23.9. The first-order valence-corrected chi connectivity index (χ1v) is 11.3. The molecule has 0 saturated carbocycles. The Hall–Kier alpha value is -4.13. The van der Waals surface area contributed by atoms with E-state index < -0.39 is 0 Å². The van der Waals surface area contributed by atoms with E-state index in [0.29, 0.717) is 29.8 Å². The van der Waals surface area contributed by atoms with Crippen molar-refractivity contribution < 1.29 is 14.4 Å². The molecule has 0 aliphatic carbocycles. The van der Waals surface area contributed by atoms with Crippen LogP contribution in [-0.4, -0.2) is 30.3 Å². The number of aryl methyl sites for hydroxylation is 1. The summed E-state index contributed by atoms with van der Waals surface area (Å²) in [5.41, 5.74) is 3.62. The SMILES string of the molecule is CC(C)NC(=O)c1cccc(NC(=O)CNc2ccc(NC(=O)CCc3ccccc3)cc2)c1. The molecular weight excluding hydrogens is 428 g/mol. The minimum atomic E-state index is -0.236. The molecular formula is C27H30N4O3. The van der Waals surface area contributed by atoms with Crippen molar-refractivity contribution in [1.82, 2.24) is 5.32 Å². The number of hydrogen-bond donors (Lipinski definition) is 4. The van der Waals surface area contributed by atoms with E-state index in [9.17, 15) is 14.4 Å². The fourth-order valence-electron chi connectivity index (χ4n) is 3.27. The average molecular weight is 459 g/mol. The summed E-state index contributed by atoms with van der Waals surface area (Å²) >= 11 is 0. The smallest absolute Gasteiger partial charge is 0.251 e. The van der Waals surface area contributed by atoms with Gasteiger partial charge in [-0.2, -0.15) is 0 Å². The third kappa shape index (κ3) is 8.09. The maximum absolute atomic E-state index is 12.3. The molecule has 7 nitrogen and oxygen atoms in total. The van der Waals surface area contributed by atoms with Crippen molar-refractivity contribution in [2.75, 3.05) is 22.5 Å². The van der Waals surface area contributed by atoms with Crippen LogP contribution in [0.3, 0.4) is 0 Å². The highest BCUT2D eigenvalue weighted by atomic mass is 16.2. The van der Waals surface area contributed by atoms with E-state index in [1.54, 1.807) is 48.5 Å². The molecule has 3 rings (SSSR count). The van der Waals surface area contributed by atoms with E-state index >= 15 is 0 Å². The Kier molecular flexibility index (Phi) is 8.80. The maximum atomic E-state index is 12.3. The van der Waals surface area contributed by atoms with Gasteiger partial charge in [0.2, 0.25) is 11.8 Å². The van der Waals surface area contributed by atoms with E-state index in [2.05, 4.69) is 21.3 Å². The molecule has 3 aromatic carbocycles. The second kappa shape index (κ2) is 12.2. The number of rotatable bonds is 10. The van der Waals surface area contributed by atoms with Gasteiger partial charge >= 0.3 is 0 Å². The Morgan fingerprint density at radius 2 is 1.41 bits per heavy atom. The lowest BCUT2D eigenvalue weighted by Gasteiger charge is -2.11. The van der Waals surface area contributed by atoms with Crippen LogP contribution in [0.4, 0.5) is 17.1 Å². The zero-order valence-electron chi connectivity index (χ0n) is 19.4. The van der Waals surface area contributed by atoms with Crippen LogP contribution >= 0.6 is 0 Å². The summed E-state index contributed by atoms with van der Waals surface area (Å²) in [6.07, 6.45) is 1.09. The second-order valence-corrected chi connectivity index (χ2v) is 8.22. The molecule has 176 valence electrons. The van der Waals surface area contributed by atoms with Crippen LogP contribution < -0.4 is 21.3 Å². The fourth-order valence-corrected chi connectivity index (χ4v) is 3.27. The minimum Gasteiger partial charge on any atom is -0.376 e. The van der Waals surface area contributed by atoms with E-state index in [1.807, 2.05) is 44.2 Å². The topological polar surface area (TPSA) is 99.3 Å². The molecule has 3 aromatic rings. The summed E-state index contributed by atoms with van der Waals surface area (Å²) in [4.78, 5) is 36.6. The number of amides is 3. The van der Waals surface area contributed by atoms with Crippen molar-refractivity contribution in [1.29, 1.82) is 0 Å². The molecule has 0 bridgehead atoms. The standard InChI is InChI=1S/C27H30N4O3/c1-19(2)29-27(34)21-9-6-10-24(17-21)31-26(33)18-28-22-12-14-23(15-13-22)30-25(32)16-11-20-7-4-3-5-8-20/h3-10,12-15,17,19,28H,11,16,18H2,1-2H3,(H,29,34)(H,30,32)(H,31,33). The number of anilines is 3.